The van der Waals surface area contributed by atoms with E-state index < -0.39 is 0 Å². The number of hydrogen-bond donors (Lipinski definition) is 0. The van der Waals surface area contributed by atoms with Crippen molar-refractivity contribution in [2.45, 2.75) is 32.5 Å². The molecule has 0 aliphatic rings. The van der Waals surface area contributed by atoms with Gasteiger partial charge < -0.3 is 9.26 Å². The van der Waals surface area contributed by atoms with Gasteiger partial charge in [-0.15, -0.1) is 12.4 Å². The summed E-state index contributed by atoms with van der Waals surface area (Å²) in [5, 5.41) is 0. The van der Waals surface area contributed by atoms with E-state index in [9.17, 15) is 0 Å². The van der Waals surface area contributed by atoms with Crippen LogP contribution in [0.25, 0.3) is 0 Å². The van der Waals surface area contributed by atoms with Crippen LogP contribution in [-0.4, -0.2) is 6.29 Å². The van der Waals surface area contributed by atoms with Crippen LogP contribution in [0.1, 0.15) is 26.2 Å². The molecule has 2 atom stereocenters. The second-order valence-electron chi connectivity index (χ2n) is 3.14. The van der Waals surface area contributed by atoms with Crippen LogP contribution in [0.3, 0.4) is 0 Å². The number of ether oxygens (including phenoxy) is 1. The summed E-state index contributed by atoms with van der Waals surface area (Å²) in [4.78, 5) is 0. The van der Waals surface area contributed by atoms with E-state index in [1.165, 1.54) is 0 Å². The third-order valence-corrected chi connectivity index (χ3v) is 2.26. The molecule has 0 N–H and O–H groups in total. The summed E-state index contributed by atoms with van der Waals surface area (Å²) in [6.45, 7) is 2.16. The number of benzene rings is 1. The number of rotatable bonds is 6. The molecule has 0 aliphatic carbocycles. The van der Waals surface area contributed by atoms with E-state index in [2.05, 4.69) is 16.4 Å². The SMILES string of the molecule is CCCCC(OP)Oc1ccccc1.Cl. The average Bonchev–Trinajstić information content (AvgIpc) is 2.25. The van der Waals surface area contributed by atoms with Crippen molar-refractivity contribution >= 4 is 21.9 Å². The lowest BCUT2D eigenvalue weighted by Crippen LogP contribution is -2.16. The van der Waals surface area contributed by atoms with E-state index in [0.29, 0.717) is 0 Å². The fraction of sp³-hybridized carbons (Fsp3) is 0.455. The number of para-hydroxylation sites is 1. The second-order valence-corrected chi connectivity index (χ2v) is 3.41. The molecule has 0 fully saturated rings. The summed E-state index contributed by atoms with van der Waals surface area (Å²) in [6, 6.07) is 9.74. The minimum Gasteiger partial charge on any atom is -0.465 e. The smallest absolute Gasteiger partial charge is 0.202 e. The first-order chi connectivity index (χ1) is 6.86. The molecule has 0 amide bonds. The van der Waals surface area contributed by atoms with Gasteiger partial charge in [0.2, 0.25) is 6.29 Å². The van der Waals surface area contributed by atoms with E-state index >= 15 is 0 Å². The molecule has 1 aromatic carbocycles. The van der Waals surface area contributed by atoms with Crippen molar-refractivity contribution in [3.8, 4) is 5.75 Å². The number of halogens is 1. The highest BCUT2D eigenvalue weighted by Crippen LogP contribution is 2.16. The maximum absolute atomic E-state index is 5.62. The highest BCUT2D eigenvalue weighted by atomic mass is 35.5. The van der Waals surface area contributed by atoms with Gasteiger partial charge in [-0.3, -0.25) is 0 Å². The quantitative estimate of drug-likeness (QED) is 0.563. The summed E-state index contributed by atoms with van der Waals surface area (Å²) in [7, 11) is 2.26. The molecular weight excluding hydrogens is 231 g/mol. The molecule has 4 heteroatoms. The van der Waals surface area contributed by atoms with Gasteiger partial charge in [0.05, 0.1) is 0 Å². The Morgan fingerprint density at radius 2 is 1.93 bits per heavy atom. The summed E-state index contributed by atoms with van der Waals surface area (Å²) in [6.07, 6.45) is 3.05. The van der Waals surface area contributed by atoms with Gasteiger partial charge in [-0.1, -0.05) is 31.5 Å². The van der Waals surface area contributed by atoms with Crippen molar-refractivity contribution in [2.24, 2.45) is 0 Å². The van der Waals surface area contributed by atoms with Crippen LogP contribution in [-0.2, 0) is 4.52 Å². The van der Waals surface area contributed by atoms with Crippen molar-refractivity contribution in [3.63, 3.8) is 0 Å². The number of unbranched alkanes of at least 4 members (excludes halogenated alkanes) is 1. The second kappa shape index (κ2) is 8.96. The van der Waals surface area contributed by atoms with Gasteiger partial charge in [0.1, 0.15) is 5.75 Å². The molecule has 0 saturated heterocycles. The topological polar surface area (TPSA) is 18.5 Å². The van der Waals surface area contributed by atoms with Gasteiger partial charge in [-0.2, -0.15) is 0 Å². The zero-order chi connectivity index (χ0) is 10.2. The summed E-state index contributed by atoms with van der Waals surface area (Å²) < 4.78 is 10.8. The summed E-state index contributed by atoms with van der Waals surface area (Å²) in [5.74, 6) is 0.857. The zero-order valence-corrected chi connectivity index (χ0v) is 10.9. The lowest BCUT2D eigenvalue weighted by Gasteiger charge is -2.16. The average molecular weight is 249 g/mol. The maximum Gasteiger partial charge on any atom is 0.202 e. The molecule has 0 spiro atoms. The van der Waals surface area contributed by atoms with Crippen molar-refractivity contribution in [1.82, 2.24) is 0 Å². The first kappa shape index (κ1) is 14.7. The predicted molar refractivity (Wildman–Crippen MR) is 68.4 cm³/mol. The standard InChI is InChI=1S/C11H17O2P.ClH/c1-2-3-9-11(13-14)12-10-7-5-4-6-8-10;/h4-8,11H,2-3,9,14H2,1H3;1H. The Kier molecular flexibility index (Phi) is 8.79. The molecule has 0 aromatic heterocycles. The fourth-order valence-corrected chi connectivity index (χ4v) is 1.37. The third kappa shape index (κ3) is 5.99. The molecule has 0 radical (unpaired) electrons. The Hall–Kier alpha value is -0.300. The molecule has 0 saturated carbocycles. The minimum absolute atomic E-state index is 0. The van der Waals surface area contributed by atoms with Crippen molar-refractivity contribution in [3.05, 3.63) is 30.3 Å². The van der Waals surface area contributed by atoms with Gasteiger partial charge in [-0.05, 0) is 18.6 Å². The fourth-order valence-electron chi connectivity index (χ4n) is 1.18. The van der Waals surface area contributed by atoms with Crippen LogP contribution in [0.2, 0.25) is 0 Å². The number of hydrogen-bond acceptors (Lipinski definition) is 2. The Bertz CT molecular complexity index is 244. The van der Waals surface area contributed by atoms with Gasteiger partial charge in [0, 0.05) is 15.9 Å². The van der Waals surface area contributed by atoms with E-state index in [1.54, 1.807) is 0 Å². The van der Waals surface area contributed by atoms with Crippen LogP contribution >= 0.6 is 21.9 Å². The Morgan fingerprint density at radius 3 is 2.47 bits per heavy atom. The molecule has 0 heterocycles. The predicted octanol–water partition coefficient (Wildman–Crippen LogP) is 3.81. The third-order valence-electron chi connectivity index (χ3n) is 1.96. The minimum atomic E-state index is -0.151. The lowest BCUT2D eigenvalue weighted by atomic mass is 10.2. The van der Waals surface area contributed by atoms with Crippen LogP contribution < -0.4 is 4.74 Å². The van der Waals surface area contributed by atoms with Crippen molar-refractivity contribution < 1.29 is 9.26 Å². The molecule has 2 nitrogen and oxygen atoms in total. The first-order valence-corrected chi connectivity index (χ1v) is 5.41. The molecule has 1 aromatic rings. The Labute approximate surface area is 100 Å². The van der Waals surface area contributed by atoms with Crippen molar-refractivity contribution in [2.75, 3.05) is 0 Å². The lowest BCUT2D eigenvalue weighted by molar-refractivity contribution is 0.0131. The molecule has 2 unspecified atom stereocenters. The summed E-state index contributed by atoms with van der Waals surface area (Å²) in [5.41, 5.74) is 0. The first-order valence-electron chi connectivity index (χ1n) is 4.94. The van der Waals surface area contributed by atoms with Gasteiger partial charge in [0.15, 0.2) is 0 Å². The van der Waals surface area contributed by atoms with Crippen molar-refractivity contribution in [1.29, 1.82) is 0 Å². The molecular formula is C11H18ClO2P. The zero-order valence-electron chi connectivity index (χ0n) is 8.89. The van der Waals surface area contributed by atoms with Gasteiger partial charge in [0.25, 0.3) is 0 Å². The highest BCUT2D eigenvalue weighted by Gasteiger charge is 2.07. The molecule has 0 bridgehead atoms. The van der Waals surface area contributed by atoms with Gasteiger partial charge in [-0.25, -0.2) is 0 Å². The van der Waals surface area contributed by atoms with Gasteiger partial charge >= 0.3 is 0 Å². The van der Waals surface area contributed by atoms with Crippen LogP contribution in [0.5, 0.6) is 5.75 Å². The molecule has 15 heavy (non-hydrogen) atoms. The van der Waals surface area contributed by atoms with E-state index in [-0.39, 0.29) is 18.7 Å². The largest absolute Gasteiger partial charge is 0.465 e. The van der Waals surface area contributed by atoms with Crippen LogP contribution in [0.15, 0.2) is 30.3 Å². The Morgan fingerprint density at radius 1 is 1.27 bits per heavy atom. The Balaban J connectivity index is 0.00000196. The van der Waals surface area contributed by atoms with Crippen LogP contribution in [0.4, 0.5) is 0 Å². The van der Waals surface area contributed by atoms with E-state index in [4.69, 9.17) is 9.26 Å². The van der Waals surface area contributed by atoms with E-state index in [1.807, 2.05) is 30.3 Å². The summed E-state index contributed by atoms with van der Waals surface area (Å²) >= 11 is 0. The monoisotopic (exact) mass is 248 g/mol. The highest BCUT2D eigenvalue weighted by molar-refractivity contribution is 7.09. The maximum atomic E-state index is 5.62. The van der Waals surface area contributed by atoms with Crippen LogP contribution in [0, 0.1) is 0 Å². The normalized spacial score (nSPS) is 11.6. The molecule has 86 valence electrons. The van der Waals surface area contributed by atoms with E-state index in [0.717, 1.165) is 25.0 Å². The molecule has 1 rings (SSSR count). The molecule has 0 aliphatic heterocycles.